The van der Waals surface area contributed by atoms with Gasteiger partial charge in [-0.25, -0.2) is 0 Å². The molecule has 2 nitrogen and oxygen atoms in total. The molecule has 0 radical (unpaired) electrons. The zero-order valence-electron chi connectivity index (χ0n) is 14.4. The van der Waals surface area contributed by atoms with Crippen molar-refractivity contribution in [2.24, 2.45) is 5.73 Å². The van der Waals surface area contributed by atoms with Crippen LogP contribution in [0.5, 0.6) is 0 Å². The molecule has 3 aromatic rings. The van der Waals surface area contributed by atoms with E-state index in [4.69, 9.17) is 17.3 Å². The van der Waals surface area contributed by atoms with Crippen LogP contribution in [-0.2, 0) is 12.6 Å². The van der Waals surface area contributed by atoms with Gasteiger partial charge in [-0.3, -0.25) is 0 Å². The van der Waals surface area contributed by atoms with Crippen LogP contribution in [0.2, 0.25) is 5.02 Å². The Morgan fingerprint density at radius 1 is 1.08 bits per heavy atom. The van der Waals surface area contributed by atoms with Crippen molar-refractivity contribution in [3.8, 4) is 11.3 Å². The van der Waals surface area contributed by atoms with Crippen LogP contribution in [-0.4, -0.2) is 11.5 Å². The van der Waals surface area contributed by atoms with Crippen LogP contribution in [0.25, 0.3) is 22.2 Å². The highest BCUT2D eigenvalue weighted by atomic mass is 35.5. The van der Waals surface area contributed by atoms with E-state index >= 15 is 0 Å². The summed E-state index contributed by atoms with van der Waals surface area (Å²) < 4.78 is 39.7. The van der Waals surface area contributed by atoms with Gasteiger partial charge in [0.2, 0.25) is 0 Å². The quantitative estimate of drug-likeness (QED) is 0.516. The lowest BCUT2D eigenvalue weighted by molar-refractivity contribution is -0.137. The predicted molar refractivity (Wildman–Crippen MR) is 100 cm³/mol. The van der Waals surface area contributed by atoms with E-state index in [0.29, 0.717) is 17.8 Å². The molecule has 2 aromatic carbocycles. The molecule has 0 atom stereocenters. The number of alkyl halides is 3. The van der Waals surface area contributed by atoms with Gasteiger partial charge in [-0.1, -0.05) is 29.3 Å². The Balaban J connectivity index is 2.16. The van der Waals surface area contributed by atoms with E-state index < -0.39 is 11.7 Å². The maximum Gasteiger partial charge on any atom is 0.417 e. The first-order valence-electron chi connectivity index (χ1n) is 8.49. The molecule has 0 aliphatic heterocycles. The van der Waals surface area contributed by atoms with Crippen LogP contribution >= 0.6 is 11.6 Å². The second kappa shape index (κ2) is 7.33. The van der Waals surface area contributed by atoms with E-state index in [9.17, 15) is 13.2 Å². The average molecular weight is 381 g/mol. The molecule has 0 amide bonds. The van der Waals surface area contributed by atoms with Gasteiger partial charge in [0.1, 0.15) is 0 Å². The highest BCUT2D eigenvalue weighted by molar-refractivity contribution is 6.31. The summed E-state index contributed by atoms with van der Waals surface area (Å²) >= 11 is 5.77. The number of hydrogen-bond acceptors (Lipinski definition) is 1. The average Bonchev–Trinajstić information content (AvgIpc) is 2.92. The van der Waals surface area contributed by atoms with E-state index in [1.165, 1.54) is 6.07 Å². The predicted octanol–water partition coefficient (Wildman–Crippen LogP) is 6.10. The minimum Gasteiger partial charge on any atom is -0.354 e. The molecule has 0 fully saturated rings. The van der Waals surface area contributed by atoms with Crippen LogP contribution in [0.4, 0.5) is 13.2 Å². The zero-order chi connectivity index (χ0) is 18.9. The molecule has 0 aliphatic carbocycles. The zero-order valence-corrected chi connectivity index (χ0v) is 15.1. The minimum absolute atomic E-state index is 0.294. The lowest BCUT2D eigenvalue weighted by Gasteiger charge is -2.12. The summed E-state index contributed by atoms with van der Waals surface area (Å²) in [5.74, 6) is 0. The Kier molecular flexibility index (Phi) is 5.30. The number of nitrogens with two attached hydrogens (primary N) is 1. The van der Waals surface area contributed by atoms with Gasteiger partial charge in [0.15, 0.2) is 0 Å². The number of unbranched alkanes of at least 4 members (excludes halogenated alkanes) is 1. The van der Waals surface area contributed by atoms with Crippen molar-refractivity contribution in [3.63, 3.8) is 0 Å². The number of hydrogen-bond donors (Lipinski definition) is 2. The molecule has 0 bridgehead atoms. The Hall–Kier alpha value is -1.98. The minimum atomic E-state index is -4.49. The smallest absolute Gasteiger partial charge is 0.354 e. The number of aryl methyl sites for hydroxylation is 2. The standard InChI is InChI=1S/C20H20ClF3N2/c1-12-5-8-18-15(10-12)14(4-2-3-9-25)19(26-18)13-6-7-17(21)16(11-13)20(22,23)24/h5-8,10-11,26H,2-4,9,25H2,1H3. The maximum absolute atomic E-state index is 13.2. The number of nitrogens with one attached hydrogen (secondary N) is 1. The van der Waals surface area contributed by atoms with E-state index in [0.717, 1.165) is 47.4 Å². The summed E-state index contributed by atoms with van der Waals surface area (Å²) in [7, 11) is 0. The Labute approximate surface area is 155 Å². The van der Waals surface area contributed by atoms with Crippen molar-refractivity contribution in [1.82, 2.24) is 4.98 Å². The van der Waals surface area contributed by atoms with Crippen molar-refractivity contribution in [3.05, 3.63) is 58.1 Å². The van der Waals surface area contributed by atoms with Crippen molar-refractivity contribution in [2.75, 3.05) is 6.54 Å². The monoisotopic (exact) mass is 380 g/mol. The van der Waals surface area contributed by atoms with Crippen molar-refractivity contribution < 1.29 is 13.2 Å². The molecule has 3 N–H and O–H groups in total. The molecule has 0 saturated heterocycles. The first-order chi connectivity index (χ1) is 12.3. The summed E-state index contributed by atoms with van der Waals surface area (Å²) in [5, 5.41) is 0.749. The number of aromatic amines is 1. The molecule has 26 heavy (non-hydrogen) atoms. The second-order valence-electron chi connectivity index (χ2n) is 6.47. The fourth-order valence-corrected chi connectivity index (χ4v) is 3.44. The van der Waals surface area contributed by atoms with Gasteiger partial charge in [0, 0.05) is 16.6 Å². The van der Waals surface area contributed by atoms with Crippen LogP contribution in [0.15, 0.2) is 36.4 Å². The number of fused-ring (bicyclic) bond motifs is 1. The molecule has 0 aliphatic rings. The lowest BCUT2D eigenvalue weighted by Crippen LogP contribution is -2.06. The summed E-state index contributed by atoms with van der Waals surface area (Å²) in [6.45, 7) is 2.59. The number of rotatable bonds is 5. The molecule has 0 unspecified atom stereocenters. The van der Waals surface area contributed by atoms with E-state index in [1.54, 1.807) is 6.07 Å². The number of halogens is 4. The maximum atomic E-state index is 13.2. The molecule has 3 rings (SSSR count). The van der Waals surface area contributed by atoms with Gasteiger partial charge >= 0.3 is 6.18 Å². The topological polar surface area (TPSA) is 41.8 Å². The summed E-state index contributed by atoms with van der Waals surface area (Å²) in [6.07, 6.45) is -1.99. The van der Waals surface area contributed by atoms with Gasteiger partial charge < -0.3 is 10.7 Å². The molecule has 0 spiro atoms. The Bertz CT molecular complexity index is 929. The van der Waals surface area contributed by atoms with Crippen molar-refractivity contribution >= 4 is 22.5 Å². The molecular weight excluding hydrogens is 361 g/mol. The fraction of sp³-hybridized carbons (Fsp3) is 0.300. The normalized spacial score (nSPS) is 12.1. The summed E-state index contributed by atoms with van der Waals surface area (Å²) in [6, 6.07) is 10.1. The van der Waals surface area contributed by atoms with Gasteiger partial charge in [-0.15, -0.1) is 0 Å². The van der Waals surface area contributed by atoms with Gasteiger partial charge in [0.05, 0.1) is 10.6 Å². The van der Waals surface area contributed by atoms with Crippen LogP contribution in [0, 0.1) is 6.92 Å². The SMILES string of the molecule is Cc1ccc2[nH]c(-c3ccc(Cl)c(C(F)(F)F)c3)c(CCCCN)c2c1. The van der Waals surface area contributed by atoms with Gasteiger partial charge in [-0.2, -0.15) is 13.2 Å². The van der Waals surface area contributed by atoms with E-state index in [1.807, 2.05) is 19.1 Å². The van der Waals surface area contributed by atoms with E-state index in [-0.39, 0.29) is 5.02 Å². The third-order valence-corrected chi connectivity index (χ3v) is 4.83. The summed E-state index contributed by atoms with van der Waals surface area (Å²) in [4.78, 5) is 3.29. The highest BCUT2D eigenvalue weighted by Crippen LogP contribution is 2.39. The Morgan fingerprint density at radius 2 is 1.85 bits per heavy atom. The van der Waals surface area contributed by atoms with Gasteiger partial charge in [0.25, 0.3) is 0 Å². The second-order valence-corrected chi connectivity index (χ2v) is 6.87. The number of H-pyrrole nitrogens is 1. The fourth-order valence-electron chi connectivity index (χ4n) is 3.21. The third-order valence-electron chi connectivity index (χ3n) is 4.50. The Morgan fingerprint density at radius 3 is 2.54 bits per heavy atom. The van der Waals surface area contributed by atoms with Crippen molar-refractivity contribution in [1.29, 1.82) is 0 Å². The van der Waals surface area contributed by atoms with Crippen LogP contribution in [0.3, 0.4) is 0 Å². The third kappa shape index (κ3) is 3.74. The largest absolute Gasteiger partial charge is 0.417 e. The first kappa shape index (κ1) is 18.8. The molecule has 138 valence electrons. The number of aromatic nitrogens is 1. The molecule has 6 heteroatoms. The van der Waals surface area contributed by atoms with Crippen LogP contribution < -0.4 is 5.73 Å². The highest BCUT2D eigenvalue weighted by Gasteiger charge is 2.33. The molecule has 1 aromatic heterocycles. The molecule has 0 saturated carbocycles. The first-order valence-corrected chi connectivity index (χ1v) is 8.87. The van der Waals surface area contributed by atoms with Crippen molar-refractivity contribution in [2.45, 2.75) is 32.4 Å². The number of benzene rings is 2. The van der Waals surface area contributed by atoms with E-state index in [2.05, 4.69) is 11.1 Å². The lowest BCUT2D eigenvalue weighted by atomic mass is 9.98. The van der Waals surface area contributed by atoms with Gasteiger partial charge in [-0.05, 0) is 68.1 Å². The summed E-state index contributed by atoms with van der Waals surface area (Å²) in [5.41, 5.74) is 9.01. The molecular formula is C20H20ClF3N2. The van der Waals surface area contributed by atoms with Crippen LogP contribution in [0.1, 0.15) is 29.5 Å². The molecule has 1 heterocycles.